The Morgan fingerprint density at radius 2 is 1.47 bits per heavy atom. The third-order valence-electron chi connectivity index (χ3n) is 6.53. The molecular formula is C30H27F4NO6S2. The van der Waals surface area contributed by atoms with Gasteiger partial charge >= 0.3 is 6.18 Å². The van der Waals surface area contributed by atoms with Gasteiger partial charge in [-0.3, -0.25) is 4.79 Å². The lowest BCUT2D eigenvalue weighted by Gasteiger charge is -2.24. The van der Waals surface area contributed by atoms with Crippen LogP contribution in [0.1, 0.15) is 35.1 Å². The summed E-state index contributed by atoms with van der Waals surface area (Å²) in [6.45, 7) is 3.23. The van der Waals surface area contributed by atoms with Crippen molar-refractivity contribution in [3.05, 3.63) is 107 Å². The van der Waals surface area contributed by atoms with Crippen molar-refractivity contribution in [2.24, 2.45) is 0 Å². The van der Waals surface area contributed by atoms with Crippen LogP contribution in [0.4, 0.5) is 17.6 Å². The molecule has 1 heterocycles. The Bertz CT molecular complexity index is 1860. The molecule has 0 atom stereocenters. The van der Waals surface area contributed by atoms with Gasteiger partial charge in [-0.15, -0.1) is 0 Å². The van der Waals surface area contributed by atoms with Crippen molar-refractivity contribution >= 4 is 25.6 Å². The number of ketones is 1. The van der Waals surface area contributed by atoms with E-state index < -0.39 is 55.7 Å². The molecule has 0 saturated carbocycles. The second-order valence-corrected chi connectivity index (χ2v) is 14.0. The second-order valence-electron chi connectivity index (χ2n) is 10.1. The number of carbonyl (C=O) groups excluding carboxylic acids is 1. The van der Waals surface area contributed by atoms with Crippen LogP contribution in [0.15, 0.2) is 87.0 Å². The minimum atomic E-state index is -4.76. The number of sulfone groups is 1. The monoisotopic (exact) mass is 637 g/mol. The highest BCUT2D eigenvalue weighted by molar-refractivity contribution is 7.92. The van der Waals surface area contributed by atoms with Gasteiger partial charge in [0.2, 0.25) is 15.8 Å². The molecule has 43 heavy (non-hydrogen) atoms. The van der Waals surface area contributed by atoms with Crippen LogP contribution in [0, 0.1) is 19.7 Å². The first kappa shape index (κ1) is 32.1. The van der Waals surface area contributed by atoms with Crippen molar-refractivity contribution in [3.8, 4) is 11.1 Å². The first-order chi connectivity index (χ1) is 20.0. The molecule has 0 fully saturated rings. The number of halogens is 4. The van der Waals surface area contributed by atoms with Crippen LogP contribution in [0.25, 0.3) is 11.1 Å². The van der Waals surface area contributed by atoms with Gasteiger partial charge in [0.1, 0.15) is 23.1 Å². The van der Waals surface area contributed by atoms with Crippen LogP contribution < -0.4 is 0 Å². The number of carbonyl (C=O) groups is 1. The van der Waals surface area contributed by atoms with Crippen LogP contribution in [-0.4, -0.2) is 32.7 Å². The van der Waals surface area contributed by atoms with Crippen LogP contribution in [0.5, 0.6) is 0 Å². The standard InChI is InChI=1S/C30H27F4NO6S2/c1-19-13-25(31)14-20(2)29(19)43(39,40)35(17-26-11-12-28(41-26)30(32,33)34)16-22-7-9-23(10-8-22)24-5-4-6-27(15-24)42(37,38)18-21(3)36/h4-15H,16-18H2,1-3H3. The van der Waals surface area contributed by atoms with Gasteiger partial charge in [-0.25, -0.2) is 21.2 Å². The molecule has 3 aromatic carbocycles. The van der Waals surface area contributed by atoms with Crippen molar-refractivity contribution in [1.29, 1.82) is 0 Å². The number of hydrogen-bond donors (Lipinski definition) is 0. The Hall–Kier alpha value is -3.81. The molecule has 0 bridgehead atoms. The number of Topliss-reactive ketones (excluding diaryl/α,β-unsaturated/α-hetero) is 1. The molecule has 0 radical (unpaired) electrons. The summed E-state index contributed by atoms with van der Waals surface area (Å²) in [7, 11) is -8.19. The average Bonchev–Trinajstić information content (AvgIpc) is 3.37. The highest BCUT2D eigenvalue weighted by Crippen LogP contribution is 2.33. The third kappa shape index (κ3) is 7.40. The maximum Gasteiger partial charge on any atom is 0.449 e. The molecule has 0 N–H and O–H groups in total. The molecule has 4 aromatic rings. The van der Waals surface area contributed by atoms with E-state index in [1.165, 1.54) is 39.0 Å². The number of sulfonamides is 1. The van der Waals surface area contributed by atoms with Gasteiger partial charge in [-0.05, 0) is 85.0 Å². The number of nitrogens with zero attached hydrogens (tertiary/aromatic N) is 1. The van der Waals surface area contributed by atoms with Crippen LogP contribution in [0.2, 0.25) is 0 Å². The Morgan fingerprint density at radius 3 is 2.02 bits per heavy atom. The summed E-state index contributed by atoms with van der Waals surface area (Å²) in [6.07, 6.45) is -4.76. The number of benzene rings is 3. The van der Waals surface area contributed by atoms with Crippen molar-refractivity contribution in [2.45, 2.75) is 49.8 Å². The first-order valence-corrected chi connectivity index (χ1v) is 15.9. The normalized spacial score (nSPS) is 12.6. The van der Waals surface area contributed by atoms with E-state index in [4.69, 9.17) is 4.42 Å². The summed E-state index contributed by atoms with van der Waals surface area (Å²) in [4.78, 5) is 11.2. The van der Waals surface area contributed by atoms with E-state index in [-0.39, 0.29) is 33.2 Å². The third-order valence-corrected chi connectivity index (χ3v) is 10.4. The molecule has 0 aliphatic rings. The molecule has 0 unspecified atom stereocenters. The van der Waals surface area contributed by atoms with Gasteiger partial charge in [-0.1, -0.05) is 36.4 Å². The fourth-order valence-electron chi connectivity index (χ4n) is 4.67. The molecular weight excluding hydrogens is 610 g/mol. The zero-order chi connectivity index (χ0) is 31.7. The zero-order valence-electron chi connectivity index (χ0n) is 23.3. The maximum absolute atomic E-state index is 14.0. The van der Waals surface area contributed by atoms with E-state index in [2.05, 4.69) is 0 Å². The minimum Gasteiger partial charge on any atom is -0.455 e. The van der Waals surface area contributed by atoms with Gasteiger partial charge in [-0.2, -0.15) is 17.5 Å². The van der Waals surface area contributed by atoms with Gasteiger partial charge in [0.25, 0.3) is 0 Å². The molecule has 4 rings (SSSR count). The molecule has 1 aromatic heterocycles. The molecule has 0 spiro atoms. The lowest BCUT2D eigenvalue weighted by atomic mass is 10.0. The molecule has 13 heteroatoms. The molecule has 7 nitrogen and oxygen atoms in total. The van der Waals surface area contributed by atoms with Crippen molar-refractivity contribution in [1.82, 2.24) is 4.31 Å². The highest BCUT2D eigenvalue weighted by atomic mass is 32.2. The molecule has 0 saturated heterocycles. The predicted molar refractivity (Wildman–Crippen MR) is 151 cm³/mol. The first-order valence-electron chi connectivity index (χ1n) is 12.8. The quantitative estimate of drug-likeness (QED) is 0.185. The van der Waals surface area contributed by atoms with Crippen molar-refractivity contribution in [2.75, 3.05) is 5.75 Å². The topological polar surface area (TPSA) is 102 Å². The Labute approximate surface area is 246 Å². The Kier molecular flexibility index (Phi) is 9.00. The van der Waals surface area contributed by atoms with Gasteiger partial charge in [0.15, 0.2) is 9.84 Å². The number of rotatable bonds is 10. The highest BCUT2D eigenvalue weighted by Gasteiger charge is 2.36. The molecule has 0 aliphatic heterocycles. The summed E-state index contributed by atoms with van der Waals surface area (Å²) >= 11 is 0. The number of aryl methyl sites for hydroxylation is 2. The second kappa shape index (κ2) is 12.1. The predicted octanol–water partition coefficient (Wildman–Crippen LogP) is 6.48. The van der Waals surface area contributed by atoms with Crippen LogP contribution in [0.3, 0.4) is 0 Å². The van der Waals surface area contributed by atoms with E-state index in [9.17, 15) is 39.2 Å². The number of hydrogen-bond acceptors (Lipinski definition) is 6. The van der Waals surface area contributed by atoms with E-state index in [0.29, 0.717) is 22.8 Å². The fraction of sp³-hybridized carbons (Fsp3) is 0.233. The zero-order valence-corrected chi connectivity index (χ0v) is 24.9. The lowest BCUT2D eigenvalue weighted by molar-refractivity contribution is -0.153. The summed E-state index contributed by atoms with van der Waals surface area (Å²) < 4.78 is 112. The molecule has 0 amide bonds. The van der Waals surface area contributed by atoms with E-state index in [1.807, 2.05) is 0 Å². The van der Waals surface area contributed by atoms with E-state index in [0.717, 1.165) is 22.5 Å². The van der Waals surface area contributed by atoms with Gasteiger partial charge < -0.3 is 4.42 Å². The van der Waals surface area contributed by atoms with Crippen molar-refractivity contribution < 1.29 is 43.6 Å². The van der Waals surface area contributed by atoms with Gasteiger partial charge in [0.05, 0.1) is 16.3 Å². The largest absolute Gasteiger partial charge is 0.455 e. The van der Waals surface area contributed by atoms with E-state index in [1.54, 1.807) is 30.3 Å². The Morgan fingerprint density at radius 1 is 0.837 bits per heavy atom. The molecule has 0 aliphatic carbocycles. The van der Waals surface area contributed by atoms with Crippen LogP contribution >= 0.6 is 0 Å². The lowest BCUT2D eigenvalue weighted by Crippen LogP contribution is -2.31. The van der Waals surface area contributed by atoms with Crippen LogP contribution in [-0.2, 0) is 43.9 Å². The maximum atomic E-state index is 14.0. The van der Waals surface area contributed by atoms with Crippen molar-refractivity contribution in [3.63, 3.8) is 0 Å². The molecule has 228 valence electrons. The fourth-order valence-corrected chi connectivity index (χ4v) is 7.77. The van der Waals surface area contributed by atoms with Gasteiger partial charge in [0, 0.05) is 6.54 Å². The number of alkyl halides is 3. The summed E-state index contributed by atoms with van der Waals surface area (Å²) in [5, 5.41) is 0. The minimum absolute atomic E-state index is 0.0248. The smallest absolute Gasteiger partial charge is 0.449 e. The number of furan rings is 1. The summed E-state index contributed by atoms with van der Waals surface area (Å²) in [6, 6.07) is 16.4. The average molecular weight is 638 g/mol. The SMILES string of the molecule is CC(=O)CS(=O)(=O)c1cccc(-c2ccc(CN(Cc3ccc(C(F)(F)F)o3)S(=O)(=O)c3c(C)cc(F)cc3C)cc2)c1. The Balaban J connectivity index is 1.69. The summed E-state index contributed by atoms with van der Waals surface area (Å²) in [5.41, 5.74) is 1.87. The van der Waals surface area contributed by atoms with E-state index >= 15 is 0 Å². The summed E-state index contributed by atoms with van der Waals surface area (Å²) in [5.74, 6) is -3.27.